The van der Waals surface area contributed by atoms with Gasteiger partial charge >= 0.3 is 0 Å². The Labute approximate surface area is 170 Å². The van der Waals surface area contributed by atoms with Gasteiger partial charge in [0.1, 0.15) is 12.3 Å². The van der Waals surface area contributed by atoms with Crippen molar-refractivity contribution < 1.29 is 14.1 Å². The van der Waals surface area contributed by atoms with Crippen molar-refractivity contribution in [2.24, 2.45) is 0 Å². The molecule has 0 saturated heterocycles. The first kappa shape index (κ1) is 18.0. The van der Waals surface area contributed by atoms with Crippen molar-refractivity contribution >= 4 is 22.2 Å². The van der Waals surface area contributed by atoms with Gasteiger partial charge in [-0.25, -0.2) is 4.98 Å². The van der Waals surface area contributed by atoms with Crippen molar-refractivity contribution in [3.05, 3.63) is 58.2 Å². The van der Waals surface area contributed by atoms with E-state index in [4.69, 9.17) is 9.26 Å². The van der Waals surface area contributed by atoms with Gasteiger partial charge in [-0.2, -0.15) is 4.98 Å². The third-order valence-electron chi connectivity index (χ3n) is 5.08. The zero-order chi connectivity index (χ0) is 20.0. The Hall–Kier alpha value is -3.04. The molecule has 3 heterocycles. The summed E-state index contributed by atoms with van der Waals surface area (Å²) in [5, 5.41) is 7.18. The maximum Gasteiger partial charge on any atom is 0.270 e. The molecule has 148 valence electrons. The first-order valence-corrected chi connectivity index (χ1v) is 10.1. The monoisotopic (exact) mass is 409 g/mol. The molecule has 29 heavy (non-hydrogen) atoms. The van der Waals surface area contributed by atoms with E-state index < -0.39 is 0 Å². The summed E-state index contributed by atoms with van der Waals surface area (Å²) >= 11 is 1.57. The lowest BCUT2D eigenvalue weighted by Gasteiger charge is -2.14. The summed E-state index contributed by atoms with van der Waals surface area (Å²) in [6.07, 6.45) is 5.32. The lowest BCUT2D eigenvalue weighted by Crippen LogP contribution is -2.28. The fraction of sp³-hybridized carbons (Fsp3) is 0.300. The first-order valence-electron chi connectivity index (χ1n) is 9.31. The predicted octanol–water partition coefficient (Wildman–Crippen LogP) is 3.32. The molecule has 1 aliphatic rings. The Balaban J connectivity index is 1.36. The van der Waals surface area contributed by atoms with Crippen LogP contribution >= 0.6 is 11.3 Å². The van der Waals surface area contributed by atoms with E-state index in [1.807, 2.05) is 29.7 Å². The van der Waals surface area contributed by atoms with Crippen LogP contribution in [0.4, 0.5) is 0 Å². The van der Waals surface area contributed by atoms with Crippen LogP contribution in [-0.2, 0) is 17.8 Å². The summed E-state index contributed by atoms with van der Waals surface area (Å²) in [4.78, 5) is 23.5. The maximum atomic E-state index is 12.8. The van der Waals surface area contributed by atoms with E-state index in [0.717, 1.165) is 33.8 Å². The molecule has 1 atom stereocenters. The molecule has 0 unspecified atom stereocenters. The van der Waals surface area contributed by atoms with E-state index in [2.05, 4.69) is 26.5 Å². The zero-order valence-electron chi connectivity index (χ0n) is 16.0. The van der Waals surface area contributed by atoms with Crippen molar-refractivity contribution in [2.75, 3.05) is 7.11 Å². The molecule has 1 amide bonds. The normalized spacial score (nSPS) is 15.7. The lowest BCUT2D eigenvalue weighted by molar-refractivity contribution is 0.0931. The number of benzene rings is 1. The van der Waals surface area contributed by atoms with Crippen LogP contribution in [0.25, 0.3) is 16.3 Å². The molecule has 1 aliphatic carbocycles. The fourth-order valence-electron chi connectivity index (χ4n) is 3.76. The molecule has 9 heteroatoms. The molecule has 8 nitrogen and oxygen atoms in total. The molecule has 0 radical (unpaired) electrons. The molecular formula is C20H19N5O3S. The lowest BCUT2D eigenvalue weighted by atomic mass is 10.0. The van der Waals surface area contributed by atoms with Gasteiger partial charge in [-0.15, -0.1) is 11.3 Å². The van der Waals surface area contributed by atoms with E-state index in [-0.39, 0.29) is 18.6 Å². The number of aromatic nitrogens is 4. The molecule has 5 rings (SSSR count). The van der Waals surface area contributed by atoms with Crippen molar-refractivity contribution in [3.63, 3.8) is 0 Å². The van der Waals surface area contributed by atoms with Gasteiger partial charge in [-0.1, -0.05) is 17.3 Å². The highest BCUT2D eigenvalue weighted by atomic mass is 32.1. The maximum absolute atomic E-state index is 12.8. The minimum absolute atomic E-state index is 0.0221. The average molecular weight is 409 g/mol. The predicted molar refractivity (Wildman–Crippen MR) is 107 cm³/mol. The number of ether oxygens (including phenoxy) is 1. The molecular weight excluding hydrogens is 390 g/mol. The van der Waals surface area contributed by atoms with Gasteiger partial charge in [0.25, 0.3) is 11.8 Å². The van der Waals surface area contributed by atoms with E-state index in [1.165, 1.54) is 5.56 Å². The van der Waals surface area contributed by atoms with Crippen LogP contribution in [0.5, 0.6) is 0 Å². The van der Waals surface area contributed by atoms with Crippen LogP contribution in [0.15, 0.2) is 35.1 Å². The first-order chi connectivity index (χ1) is 14.1. The number of aryl methyl sites for hydroxylation is 2. The third-order valence-corrected chi connectivity index (χ3v) is 5.99. The number of amides is 1. The van der Waals surface area contributed by atoms with Crippen molar-refractivity contribution in [3.8, 4) is 11.4 Å². The number of fused-ring (bicyclic) bond motifs is 2. The Morgan fingerprint density at radius 2 is 2.34 bits per heavy atom. The standard InChI is InChI=1S/C20H19N5O3S/c1-11-9-25-16(8-21-20(25)29-11)19(26)22-15-6-4-12-7-13(3-5-14(12)15)18-23-17(10-27-2)28-24-18/h3,5,7-9,15H,4,6,10H2,1-2H3,(H,22,26)/t15-/m1/s1. The molecule has 1 aromatic carbocycles. The highest BCUT2D eigenvalue weighted by Gasteiger charge is 2.26. The fourth-order valence-corrected chi connectivity index (χ4v) is 4.56. The number of rotatable bonds is 5. The second-order valence-corrected chi connectivity index (χ2v) is 8.27. The SMILES string of the molecule is COCc1nc(-c2ccc3c(c2)CC[C@H]3NC(=O)c2cnc3sc(C)cn23)no1. The third kappa shape index (κ3) is 3.22. The van der Waals surface area contributed by atoms with Gasteiger partial charge < -0.3 is 14.6 Å². The number of carbonyl (C=O) groups excluding carboxylic acids is 1. The number of imidazole rings is 1. The second kappa shape index (κ2) is 7.09. The summed E-state index contributed by atoms with van der Waals surface area (Å²) < 4.78 is 12.0. The van der Waals surface area contributed by atoms with Gasteiger partial charge in [0.2, 0.25) is 5.82 Å². The van der Waals surface area contributed by atoms with Crippen LogP contribution in [0.1, 0.15) is 44.8 Å². The molecule has 3 aromatic heterocycles. The minimum Gasteiger partial charge on any atom is -0.375 e. The number of methoxy groups -OCH3 is 1. The van der Waals surface area contributed by atoms with Gasteiger partial charge in [0, 0.05) is 23.7 Å². The molecule has 0 aliphatic heterocycles. The number of carbonyl (C=O) groups is 1. The summed E-state index contributed by atoms with van der Waals surface area (Å²) in [6, 6.07) is 6.05. The Bertz CT molecular complexity index is 1210. The summed E-state index contributed by atoms with van der Waals surface area (Å²) in [7, 11) is 1.59. The Morgan fingerprint density at radius 3 is 3.21 bits per heavy atom. The van der Waals surface area contributed by atoms with Crippen LogP contribution in [0.3, 0.4) is 0 Å². The largest absolute Gasteiger partial charge is 0.375 e. The number of nitrogens with zero attached hydrogens (tertiary/aromatic N) is 4. The van der Waals surface area contributed by atoms with E-state index in [9.17, 15) is 4.79 Å². The molecule has 0 saturated carbocycles. The summed E-state index contributed by atoms with van der Waals surface area (Å²) in [5.74, 6) is 0.880. The zero-order valence-corrected chi connectivity index (χ0v) is 16.8. The summed E-state index contributed by atoms with van der Waals surface area (Å²) in [5.41, 5.74) is 3.78. The molecule has 0 bridgehead atoms. The van der Waals surface area contributed by atoms with E-state index >= 15 is 0 Å². The highest BCUT2D eigenvalue weighted by Crippen LogP contribution is 2.34. The van der Waals surface area contributed by atoms with Crippen molar-refractivity contribution in [1.82, 2.24) is 24.8 Å². The number of hydrogen-bond donors (Lipinski definition) is 1. The van der Waals surface area contributed by atoms with E-state index in [1.54, 1.807) is 24.6 Å². The van der Waals surface area contributed by atoms with Crippen molar-refractivity contribution in [1.29, 1.82) is 0 Å². The number of hydrogen-bond acceptors (Lipinski definition) is 7. The van der Waals surface area contributed by atoms with Gasteiger partial charge in [0.15, 0.2) is 4.96 Å². The van der Waals surface area contributed by atoms with Gasteiger partial charge in [-0.05, 0) is 37.0 Å². The van der Waals surface area contributed by atoms with Crippen LogP contribution in [0, 0.1) is 6.92 Å². The number of nitrogens with one attached hydrogen (secondary N) is 1. The Morgan fingerprint density at radius 1 is 1.45 bits per heavy atom. The van der Waals surface area contributed by atoms with Crippen molar-refractivity contribution in [2.45, 2.75) is 32.4 Å². The minimum atomic E-state index is -0.111. The summed E-state index contributed by atoms with van der Waals surface area (Å²) in [6.45, 7) is 2.30. The van der Waals surface area contributed by atoms with Crippen LogP contribution in [-0.4, -0.2) is 32.5 Å². The highest BCUT2D eigenvalue weighted by molar-refractivity contribution is 7.17. The van der Waals surface area contributed by atoms with Crippen LogP contribution in [0.2, 0.25) is 0 Å². The smallest absolute Gasteiger partial charge is 0.270 e. The quantitative estimate of drug-likeness (QED) is 0.543. The molecule has 1 N–H and O–H groups in total. The number of thiazole rings is 1. The molecule has 0 spiro atoms. The average Bonchev–Trinajstić information content (AvgIpc) is 3.46. The van der Waals surface area contributed by atoms with Gasteiger partial charge in [0.05, 0.1) is 12.2 Å². The molecule has 4 aromatic rings. The van der Waals surface area contributed by atoms with Gasteiger partial charge in [-0.3, -0.25) is 9.20 Å². The van der Waals surface area contributed by atoms with Crippen LogP contribution < -0.4 is 5.32 Å². The topological polar surface area (TPSA) is 94.5 Å². The molecule has 0 fully saturated rings. The Kier molecular flexibility index (Phi) is 4.40. The van der Waals surface area contributed by atoms with E-state index in [0.29, 0.717) is 17.4 Å². The second-order valence-electron chi connectivity index (χ2n) is 7.06.